The Kier molecular flexibility index (Phi) is 3.12. The van der Waals surface area contributed by atoms with E-state index in [1.165, 1.54) is 0 Å². The number of fused-ring (bicyclic) bond motifs is 1. The Bertz CT molecular complexity index is 835. The largest absolute Gasteiger partial charge is 0.384 e. The second kappa shape index (κ2) is 4.81. The van der Waals surface area contributed by atoms with Crippen molar-refractivity contribution >= 4 is 22.6 Å². The molecule has 0 bridgehead atoms. The number of aliphatic hydroxyl groups is 1. The van der Waals surface area contributed by atoms with E-state index in [2.05, 4.69) is 9.97 Å². The lowest BCUT2D eigenvalue weighted by Gasteiger charge is -2.13. The number of aryl methyl sites for hydroxylation is 1. The average Bonchev–Trinajstić information content (AvgIpc) is 2.77. The van der Waals surface area contributed by atoms with Crippen LogP contribution in [0.2, 0.25) is 5.02 Å². The minimum Gasteiger partial charge on any atom is -0.384 e. The van der Waals surface area contributed by atoms with Gasteiger partial charge in [0.25, 0.3) is 0 Å². The van der Waals surface area contributed by atoms with Crippen molar-refractivity contribution in [3.8, 4) is 0 Å². The molecule has 1 heterocycles. The van der Waals surface area contributed by atoms with Gasteiger partial charge in [-0.3, -0.25) is 0 Å². The number of hydrogen-bond acceptors (Lipinski definition) is 2. The number of aliphatic hydroxyl groups excluding tert-OH is 1. The maximum Gasteiger partial charge on any atom is 0.323 e. The molecule has 3 rings (SSSR count). The Labute approximate surface area is 120 Å². The molecule has 0 fully saturated rings. The van der Waals surface area contributed by atoms with E-state index in [-0.39, 0.29) is 5.69 Å². The predicted octanol–water partition coefficient (Wildman–Crippen LogP) is 2.90. The minimum absolute atomic E-state index is 0.264. The lowest BCUT2D eigenvalue weighted by atomic mass is 10.00. The van der Waals surface area contributed by atoms with Gasteiger partial charge in [0.05, 0.1) is 11.0 Å². The van der Waals surface area contributed by atoms with Gasteiger partial charge in [0.2, 0.25) is 0 Å². The topological polar surface area (TPSA) is 68.9 Å². The van der Waals surface area contributed by atoms with Crippen LogP contribution in [0, 0.1) is 6.92 Å². The Morgan fingerprint density at radius 2 is 1.85 bits per heavy atom. The first-order chi connectivity index (χ1) is 9.54. The van der Waals surface area contributed by atoms with Crippen molar-refractivity contribution in [1.29, 1.82) is 0 Å². The standard InChI is InChI=1S/C15H13ClN2O2/c1-8-2-4-10(11(16)6-8)14(19)9-3-5-12-13(7-9)18-15(20)17-12/h2-7,14,19H,1H3,(H2,17,18,20). The number of benzene rings is 2. The molecule has 4 nitrogen and oxygen atoms in total. The van der Waals surface area contributed by atoms with E-state index in [9.17, 15) is 9.90 Å². The highest BCUT2D eigenvalue weighted by Gasteiger charge is 2.14. The Morgan fingerprint density at radius 3 is 2.60 bits per heavy atom. The van der Waals surface area contributed by atoms with E-state index in [1.54, 1.807) is 18.2 Å². The third-order valence-corrected chi connectivity index (χ3v) is 3.63. The first-order valence-electron chi connectivity index (χ1n) is 6.20. The third kappa shape index (κ3) is 2.24. The first kappa shape index (κ1) is 13.0. The van der Waals surface area contributed by atoms with Gasteiger partial charge in [-0.1, -0.05) is 29.8 Å². The highest BCUT2D eigenvalue weighted by molar-refractivity contribution is 6.31. The van der Waals surface area contributed by atoms with Gasteiger partial charge in [-0.05, 0) is 36.2 Å². The SMILES string of the molecule is Cc1ccc(C(O)c2ccc3[nH]c(=O)[nH]c3c2)c(Cl)c1. The summed E-state index contributed by atoms with van der Waals surface area (Å²) in [5.41, 5.74) is 3.47. The van der Waals surface area contributed by atoms with Gasteiger partial charge < -0.3 is 15.1 Å². The molecule has 2 aromatic carbocycles. The van der Waals surface area contributed by atoms with Crippen LogP contribution >= 0.6 is 11.6 Å². The molecular formula is C15H13ClN2O2. The van der Waals surface area contributed by atoms with Crippen LogP contribution in [-0.4, -0.2) is 15.1 Å². The number of aromatic amines is 2. The lowest BCUT2D eigenvalue weighted by Crippen LogP contribution is -2.01. The van der Waals surface area contributed by atoms with Crippen LogP contribution in [0.15, 0.2) is 41.2 Å². The number of H-pyrrole nitrogens is 2. The van der Waals surface area contributed by atoms with Crippen molar-refractivity contribution in [2.75, 3.05) is 0 Å². The molecule has 1 atom stereocenters. The van der Waals surface area contributed by atoms with E-state index < -0.39 is 6.10 Å². The zero-order valence-electron chi connectivity index (χ0n) is 10.8. The highest BCUT2D eigenvalue weighted by Crippen LogP contribution is 2.29. The normalized spacial score (nSPS) is 12.8. The molecule has 0 saturated heterocycles. The first-order valence-corrected chi connectivity index (χ1v) is 6.58. The molecule has 0 spiro atoms. The Balaban J connectivity index is 2.06. The molecule has 3 N–H and O–H groups in total. The van der Waals surface area contributed by atoms with Gasteiger partial charge in [-0.2, -0.15) is 0 Å². The second-order valence-electron chi connectivity index (χ2n) is 4.81. The van der Waals surface area contributed by atoms with Crippen molar-refractivity contribution in [2.24, 2.45) is 0 Å². The molecule has 1 unspecified atom stereocenters. The van der Waals surface area contributed by atoms with Crippen LogP contribution in [0.3, 0.4) is 0 Å². The van der Waals surface area contributed by atoms with E-state index in [1.807, 2.05) is 25.1 Å². The van der Waals surface area contributed by atoms with E-state index in [0.29, 0.717) is 27.2 Å². The van der Waals surface area contributed by atoms with Gasteiger partial charge in [0.1, 0.15) is 6.10 Å². The average molecular weight is 289 g/mol. The third-order valence-electron chi connectivity index (χ3n) is 3.31. The van der Waals surface area contributed by atoms with Gasteiger partial charge >= 0.3 is 5.69 Å². The summed E-state index contributed by atoms with van der Waals surface area (Å²) in [7, 11) is 0. The van der Waals surface area contributed by atoms with Crippen molar-refractivity contribution < 1.29 is 5.11 Å². The molecular weight excluding hydrogens is 276 g/mol. The molecule has 0 radical (unpaired) electrons. The molecule has 3 aromatic rings. The molecule has 0 aliphatic rings. The molecule has 0 amide bonds. The zero-order chi connectivity index (χ0) is 14.3. The van der Waals surface area contributed by atoms with Gasteiger partial charge in [-0.25, -0.2) is 4.79 Å². The monoisotopic (exact) mass is 288 g/mol. The quantitative estimate of drug-likeness (QED) is 0.679. The zero-order valence-corrected chi connectivity index (χ0v) is 11.5. The van der Waals surface area contributed by atoms with Gasteiger partial charge in [-0.15, -0.1) is 0 Å². The number of imidazole rings is 1. The smallest absolute Gasteiger partial charge is 0.323 e. The Hall–Kier alpha value is -2.04. The summed E-state index contributed by atoms with van der Waals surface area (Å²) in [6.07, 6.45) is -0.828. The summed E-state index contributed by atoms with van der Waals surface area (Å²) < 4.78 is 0. The maximum absolute atomic E-state index is 11.2. The van der Waals surface area contributed by atoms with Crippen molar-refractivity contribution in [1.82, 2.24) is 9.97 Å². The van der Waals surface area contributed by atoms with Gasteiger partial charge in [0.15, 0.2) is 0 Å². The summed E-state index contributed by atoms with van der Waals surface area (Å²) in [5, 5.41) is 11.0. The summed E-state index contributed by atoms with van der Waals surface area (Å²) >= 11 is 6.17. The molecule has 1 aromatic heterocycles. The molecule has 102 valence electrons. The molecule has 0 aliphatic heterocycles. The summed E-state index contributed by atoms with van der Waals surface area (Å²) in [5.74, 6) is 0. The van der Waals surface area contributed by atoms with Crippen LogP contribution in [0.4, 0.5) is 0 Å². The molecule has 0 saturated carbocycles. The van der Waals surface area contributed by atoms with E-state index in [0.717, 1.165) is 5.56 Å². The highest BCUT2D eigenvalue weighted by atomic mass is 35.5. The van der Waals surface area contributed by atoms with Crippen LogP contribution in [-0.2, 0) is 0 Å². The predicted molar refractivity (Wildman–Crippen MR) is 79.2 cm³/mol. The number of aromatic nitrogens is 2. The van der Waals surface area contributed by atoms with Crippen molar-refractivity contribution in [3.63, 3.8) is 0 Å². The number of rotatable bonds is 2. The second-order valence-corrected chi connectivity index (χ2v) is 5.22. The fourth-order valence-corrected chi connectivity index (χ4v) is 2.59. The molecule has 0 aliphatic carbocycles. The number of halogens is 1. The Morgan fingerprint density at radius 1 is 1.10 bits per heavy atom. The van der Waals surface area contributed by atoms with Crippen LogP contribution in [0.25, 0.3) is 11.0 Å². The fourth-order valence-electron chi connectivity index (χ4n) is 2.25. The molecule has 20 heavy (non-hydrogen) atoms. The van der Waals surface area contributed by atoms with Crippen molar-refractivity contribution in [3.05, 3.63) is 68.6 Å². The summed E-state index contributed by atoms with van der Waals surface area (Å²) in [4.78, 5) is 16.6. The van der Waals surface area contributed by atoms with Crippen LogP contribution < -0.4 is 5.69 Å². The fraction of sp³-hybridized carbons (Fsp3) is 0.133. The minimum atomic E-state index is -0.828. The summed E-state index contributed by atoms with van der Waals surface area (Å²) in [6.45, 7) is 1.94. The van der Waals surface area contributed by atoms with Crippen LogP contribution in [0.1, 0.15) is 22.8 Å². The maximum atomic E-state index is 11.2. The van der Waals surface area contributed by atoms with Gasteiger partial charge in [0, 0.05) is 10.6 Å². The van der Waals surface area contributed by atoms with E-state index >= 15 is 0 Å². The number of nitrogens with one attached hydrogen (secondary N) is 2. The van der Waals surface area contributed by atoms with E-state index in [4.69, 9.17) is 11.6 Å². The number of hydrogen-bond donors (Lipinski definition) is 3. The lowest BCUT2D eigenvalue weighted by molar-refractivity contribution is 0.220. The summed E-state index contributed by atoms with van der Waals surface area (Å²) in [6, 6.07) is 10.8. The van der Waals surface area contributed by atoms with Crippen molar-refractivity contribution in [2.45, 2.75) is 13.0 Å². The van der Waals surface area contributed by atoms with Crippen LogP contribution in [0.5, 0.6) is 0 Å². The molecule has 5 heteroatoms.